The van der Waals surface area contributed by atoms with Gasteiger partial charge in [-0.15, -0.1) is 11.3 Å². The highest BCUT2D eigenvalue weighted by Crippen LogP contribution is 2.28. The Labute approximate surface area is 176 Å². The van der Waals surface area contributed by atoms with Crippen molar-refractivity contribution in [2.75, 3.05) is 4.72 Å². The Morgan fingerprint density at radius 2 is 1.86 bits per heavy atom. The van der Waals surface area contributed by atoms with E-state index in [0.29, 0.717) is 27.2 Å². The molecule has 1 fully saturated rings. The first-order valence-electron chi connectivity index (χ1n) is 8.72. The van der Waals surface area contributed by atoms with Crippen molar-refractivity contribution in [3.05, 3.63) is 64.6 Å². The molecule has 1 amide bonds. The van der Waals surface area contributed by atoms with Gasteiger partial charge in [0.2, 0.25) is 5.88 Å². The molecule has 10 heteroatoms. The average molecular weight is 450 g/mol. The zero-order valence-electron chi connectivity index (χ0n) is 15.0. The lowest BCUT2D eigenvalue weighted by atomic mass is 10.2. The van der Waals surface area contributed by atoms with Crippen LogP contribution in [0.1, 0.15) is 23.2 Å². The number of aromatic nitrogens is 1. The Morgan fingerprint density at radius 1 is 1.10 bits per heavy atom. The number of amides is 1. The second kappa shape index (κ2) is 8.02. The van der Waals surface area contributed by atoms with Crippen molar-refractivity contribution in [2.24, 2.45) is 0 Å². The average Bonchev–Trinajstić information content (AvgIpc) is 3.40. The van der Waals surface area contributed by atoms with Crippen molar-refractivity contribution in [3.8, 4) is 11.6 Å². The fourth-order valence-electron chi connectivity index (χ4n) is 2.43. The largest absolute Gasteiger partial charge is 0.439 e. The van der Waals surface area contributed by atoms with Gasteiger partial charge in [-0.2, -0.15) is 0 Å². The number of ether oxygens (including phenoxy) is 1. The van der Waals surface area contributed by atoms with Gasteiger partial charge in [0.15, 0.2) is 0 Å². The number of nitrogens with one attached hydrogen (secondary N) is 2. The molecule has 150 valence electrons. The van der Waals surface area contributed by atoms with Crippen LogP contribution in [0, 0.1) is 0 Å². The minimum atomic E-state index is -3.69. The first kappa shape index (κ1) is 19.7. The highest BCUT2D eigenvalue weighted by atomic mass is 35.5. The van der Waals surface area contributed by atoms with Gasteiger partial charge in [-0.25, -0.2) is 13.4 Å². The number of rotatable bonds is 7. The van der Waals surface area contributed by atoms with Crippen molar-refractivity contribution >= 4 is 44.6 Å². The molecule has 29 heavy (non-hydrogen) atoms. The Kier molecular flexibility index (Phi) is 5.44. The third-order valence-electron chi connectivity index (χ3n) is 4.05. The number of halogens is 1. The monoisotopic (exact) mass is 449 g/mol. The Morgan fingerprint density at radius 3 is 2.45 bits per heavy atom. The van der Waals surface area contributed by atoms with Crippen LogP contribution in [0.15, 0.2) is 58.9 Å². The summed E-state index contributed by atoms with van der Waals surface area (Å²) in [6.07, 6.45) is 3.50. The summed E-state index contributed by atoms with van der Waals surface area (Å²) in [6, 6.07) is 12.9. The Bertz CT molecular complexity index is 1130. The lowest BCUT2D eigenvalue weighted by Gasteiger charge is -2.09. The summed E-state index contributed by atoms with van der Waals surface area (Å²) in [5, 5.41) is 2.89. The fourth-order valence-corrected chi connectivity index (χ4v) is 4.97. The smallest absolute Gasteiger partial charge is 0.271 e. The van der Waals surface area contributed by atoms with Crippen LogP contribution >= 0.6 is 22.9 Å². The van der Waals surface area contributed by atoms with Crippen LogP contribution in [0.2, 0.25) is 4.34 Å². The van der Waals surface area contributed by atoms with Gasteiger partial charge in [0, 0.05) is 24.0 Å². The van der Waals surface area contributed by atoms with Gasteiger partial charge in [0.1, 0.15) is 9.96 Å². The summed E-state index contributed by atoms with van der Waals surface area (Å²) in [7, 11) is -3.69. The second-order valence-corrected chi connectivity index (χ2v) is 10.0. The highest BCUT2D eigenvalue weighted by Gasteiger charge is 2.23. The predicted molar refractivity (Wildman–Crippen MR) is 111 cm³/mol. The Hall–Kier alpha value is -2.62. The number of carbonyl (C=O) groups is 1. The molecule has 1 aliphatic rings. The minimum absolute atomic E-state index is 0.137. The van der Waals surface area contributed by atoms with E-state index in [1.165, 1.54) is 18.3 Å². The number of sulfonamides is 1. The van der Waals surface area contributed by atoms with Gasteiger partial charge < -0.3 is 10.1 Å². The maximum atomic E-state index is 12.3. The molecule has 0 radical (unpaired) electrons. The molecule has 4 rings (SSSR count). The maximum Gasteiger partial charge on any atom is 0.271 e. The van der Waals surface area contributed by atoms with Gasteiger partial charge in [0.25, 0.3) is 15.9 Å². The van der Waals surface area contributed by atoms with E-state index in [2.05, 4.69) is 15.0 Å². The van der Waals surface area contributed by atoms with Crippen molar-refractivity contribution < 1.29 is 17.9 Å². The van der Waals surface area contributed by atoms with Crippen LogP contribution in [0.25, 0.3) is 0 Å². The number of pyridine rings is 1. The lowest BCUT2D eigenvalue weighted by Crippen LogP contribution is -2.25. The third-order valence-corrected chi connectivity index (χ3v) is 7.16. The van der Waals surface area contributed by atoms with Crippen LogP contribution < -0.4 is 14.8 Å². The number of anilines is 1. The highest BCUT2D eigenvalue weighted by molar-refractivity contribution is 7.94. The molecule has 3 aromatic rings. The van der Waals surface area contributed by atoms with E-state index in [4.69, 9.17) is 16.3 Å². The summed E-state index contributed by atoms with van der Waals surface area (Å²) in [5.74, 6) is 0.666. The number of thiophene rings is 1. The summed E-state index contributed by atoms with van der Waals surface area (Å²) in [4.78, 5) is 16.1. The summed E-state index contributed by atoms with van der Waals surface area (Å²) in [6.45, 7) is 0. The van der Waals surface area contributed by atoms with Crippen LogP contribution in [-0.4, -0.2) is 25.4 Å². The third kappa shape index (κ3) is 5.06. The van der Waals surface area contributed by atoms with E-state index in [9.17, 15) is 13.2 Å². The molecular formula is C19H16ClN3O4S2. The minimum Gasteiger partial charge on any atom is -0.439 e. The number of nitrogens with zero attached hydrogens (tertiary/aromatic N) is 1. The first-order valence-corrected chi connectivity index (χ1v) is 11.4. The molecular weight excluding hydrogens is 434 g/mol. The zero-order chi connectivity index (χ0) is 20.4. The van der Waals surface area contributed by atoms with Crippen molar-refractivity contribution in [1.82, 2.24) is 10.3 Å². The molecule has 0 spiro atoms. The van der Waals surface area contributed by atoms with E-state index < -0.39 is 10.0 Å². The van der Waals surface area contributed by atoms with Gasteiger partial charge in [0.05, 0.1) is 9.90 Å². The molecule has 0 bridgehead atoms. The Balaban J connectivity index is 1.38. The molecule has 0 unspecified atom stereocenters. The molecule has 2 aromatic heterocycles. The van der Waals surface area contributed by atoms with Crippen molar-refractivity contribution in [2.45, 2.75) is 23.1 Å². The molecule has 1 aliphatic carbocycles. The lowest BCUT2D eigenvalue weighted by molar-refractivity contribution is 0.0950. The maximum absolute atomic E-state index is 12.3. The molecule has 1 saturated carbocycles. The number of benzene rings is 1. The van der Waals surface area contributed by atoms with Gasteiger partial charge >= 0.3 is 0 Å². The van der Waals surface area contributed by atoms with Crippen LogP contribution in [-0.2, 0) is 10.0 Å². The van der Waals surface area contributed by atoms with E-state index in [0.717, 1.165) is 24.2 Å². The van der Waals surface area contributed by atoms with E-state index >= 15 is 0 Å². The number of hydrogen-bond acceptors (Lipinski definition) is 6. The van der Waals surface area contributed by atoms with Gasteiger partial charge in [-0.3, -0.25) is 9.52 Å². The quantitative estimate of drug-likeness (QED) is 0.561. The summed E-state index contributed by atoms with van der Waals surface area (Å²) < 4.78 is 33.3. The SMILES string of the molecule is O=C(NC1CC1)c1ccc(Oc2ccc(NS(=O)(=O)c3ccc(Cl)s3)cc2)nc1. The predicted octanol–water partition coefficient (Wildman–Crippen LogP) is 4.28. The molecule has 1 aromatic carbocycles. The standard InChI is InChI=1S/C19H16ClN3O4S2/c20-16-8-10-18(28-16)29(25,26)23-14-4-6-15(7-5-14)27-17-9-1-12(11-21-17)19(24)22-13-2-3-13/h1,4-11,13,23H,2-3H2,(H,22,24). The summed E-state index contributed by atoms with van der Waals surface area (Å²) in [5.41, 5.74) is 0.865. The first-order chi connectivity index (χ1) is 13.9. The number of carbonyl (C=O) groups excluding carboxylic acids is 1. The fraction of sp³-hybridized carbons (Fsp3) is 0.158. The van der Waals surface area contributed by atoms with Crippen molar-refractivity contribution in [3.63, 3.8) is 0 Å². The molecule has 7 nitrogen and oxygen atoms in total. The molecule has 0 atom stereocenters. The van der Waals surface area contributed by atoms with Gasteiger partial charge in [-0.05, 0) is 55.3 Å². The topological polar surface area (TPSA) is 97.4 Å². The van der Waals surface area contributed by atoms with E-state index in [-0.39, 0.29) is 16.2 Å². The number of hydrogen-bond donors (Lipinski definition) is 2. The van der Waals surface area contributed by atoms with Crippen molar-refractivity contribution in [1.29, 1.82) is 0 Å². The molecule has 0 saturated heterocycles. The summed E-state index contributed by atoms with van der Waals surface area (Å²) >= 11 is 6.78. The van der Waals surface area contributed by atoms with Crippen LogP contribution in [0.3, 0.4) is 0 Å². The van der Waals surface area contributed by atoms with Crippen LogP contribution in [0.5, 0.6) is 11.6 Å². The molecule has 0 aliphatic heterocycles. The van der Waals surface area contributed by atoms with Crippen LogP contribution in [0.4, 0.5) is 5.69 Å². The second-order valence-electron chi connectivity index (χ2n) is 6.42. The van der Waals surface area contributed by atoms with Gasteiger partial charge in [-0.1, -0.05) is 11.6 Å². The normalized spacial score (nSPS) is 13.7. The van der Waals surface area contributed by atoms with E-state index in [1.807, 2.05) is 0 Å². The molecule has 2 N–H and O–H groups in total. The van der Waals surface area contributed by atoms with E-state index in [1.54, 1.807) is 36.4 Å². The molecule has 2 heterocycles. The zero-order valence-corrected chi connectivity index (χ0v) is 17.4.